The minimum atomic E-state index is -0.573. The largest absolute Gasteiger partial charge is 0.497 e. The van der Waals surface area contributed by atoms with Crippen LogP contribution in [0.3, 0.4) is 0 Å². The summed E-state index contributed by atoms with van der Waals surface area (Å²) in [6.07, 6.45) is 2.41. The molecular formula is C25H34N2O4. The third kappa shape index (κ3) is 7.31. The number of carbonyl (C=O) groups is 2. The summed E-state index contributed by atoms with van der Waals surface area (Å²) in [4.78, 5) is 27.7. The van der Waals surface area contributed by atoms with Crippen LogP contribution in [0.4, 0.5) is 0 Å². The summed E-state index contributed by atoms with van der Waals surface area (Å²) in [5.74, 6) is 1.01. The third-order valence-electron chi connectivity index (χ3n) is 5.15. The molecule has 1 N–H and O–H groups in total. The maximum atomic E-state index is 13.2. The molecule has 0 unspecified atom stereocenters. The van der Waals surface area contributed by atoms with Gasteiger partial charge in [-0.2, -0.15) is 0 Å². The molecule has 31 heavy (non-hydrogen) atoms. The Balaban J connectivity index is 2.21. The first-order chi connectivity index (χ1) is 15.0. The van der Waals surface area contributed by atoms with Crippen LogP contribution < -0.4 is 14.8 Å². The van der Waals surface area contributed by atoms with E-state index in [1.165, 1.54) is 0 Å². The van der Waals surface area contributed by atoms with E-state index in [4.69, 9.17) is 9.47 Å². The van der Waals surface area contributed by atoms with Crippen molar-refractivity contribution >= 4 is 11.8 Å². The first kappa shape index (κ1) is 24.3. The molecule has 0 radical (unpaired) electrons. The lowest BCUT2D eigenvalue weighted by Crippen LogP contribution is -2.50. The van der Waals surface area contributed by atoms with E-state index in [1.54, 1.807) is 12.0 Å². The smallest absolute Gasteiger partial charge is 0.261 e. The second-order valence-electron chi connectivity index (χ2n) is 7.50. The highest BCUT2D eigenvalue weighted by Gasteiger charge is 2.29. The molecule has 1 atom stereocenters. The number of nitrogens with zero attached hydrogens (tertiary/aromatic N) is 1. The lowest BCUT2D eigenvalue weighted by atomic mass is 10.1. The minimum absolute atomic E-state index is 0.131. The Labute approximate surface area is 185 Å². The van der Waals surface area contributed by atoms with Crippen molar-refractivity contribution in [2.24, 2.45) is 0 Å². The molecular weight excluding hydrogens is 392 g/mol. The SMILES string of the molecule is CCCCNC(=O)[C@@H](CC)N(Cc1cccc(OC)c1)C(=O)COc1ccccc1C. The van der Waals surface area contributed by atoms with Crippen molar-refractivity contribution in [2.75, 3.05) is 20.3 Å². The van der Waals surface area contributed by atoms with Gasteiger partial charge in [-0.3, -0.25) is 9.59 Å². The molecule has 0 aromatic heterocycles. The first-order valence-electron chi connectivity index (χ1n) is 10.9. The zero-order valence-corrected chi connectivity index (χ0v) is 19.0. The molecule has 2 amide bonds. The van der Waals surface area contributed by atoms with Crippen molar-refractivity contribution in [1.82, 2.24) is 10.2 Å². The Morgan fingerprint density at radius 2 is 1.87 bits per heavy atom. The van der Waals surface area contributed by atoms with Gasteiger partial charge in [-0.15, -0.1) is 0 Å². The highest BCUT2D eigenvalue weighted by atomic mass is 16.5. The van der Waals surface area contributed by atoms with Gasteiger partial charge in [-0.05, 0) is 49.1 Å². The number of hydrogen-bond donors (Lipinski definition) is 1. The van der Waals surface area contributed by atoms with Gasteiger partial charge in [0.1, 0.15) is 17.5 Å². The average molecular weight is 427 g/mol. The Kier molecular flexibility index (Phi) is 9.88. The van der Waals surface area contributed by atoms with Gasteiger partial charge in [0.05, 0.1) is 7.11 Å². The zero-order valence-electron chi connectivity index (χ0n) is 19.0. The summed E-state index contributed by atoms with van der Waals surface area (Å²) in [5.41, 5.74) is 1.85. The predicted molar refractivity (Wildman–Crippen MR) is 122 cm³/mol. The average Bonchev–Trinajstić information content (AvgIpc) is 2.78. The zero-order chi connectivity index (χ0) is 22.6. The lowest BCUT2D eigenvalue weighted by Gasteiger charge is -2.30. The number of unbranched alkanes of at least 4 members (excludes halogenated alkanes) is 1. The van der Waals surface area contributed by atoms with Crippen LogP contribution in [0.5, 0.6) is 11.5 Å². The second kappa shape index (κ2) is 12.6. The first-order valence-corrected chi connectivity index (χ1v) is 10.9. The number of aryl methyl sites for hydroxylation is 1. The van der Waals surface area contributed by atoms with Crippen LogP contribution >= 0.6 is 0 Å². The Bertz CT molecular complexity index is 853. The van der Waals surface area contributed by atoms with Crippen LogP contribution in [-0.4, -0.2) is 43.0 Å². The quantitative estimate of drug-likeness (QED) is 0.519. The van der Waals surface area contributed by atoms with Gasteiger partial charge in [-0.1, -0.05) is 50.6 Å². The van der Waals surface area contributed by atoms with Gasteiger partial charge in [0.2, 0.25) is 5.91 Å². The maximum absolute atomic E-state index is 13.2. The Morgan fingerprint density at radius 3 is 2.55 bits per heavy atom. The van der Waals surface area contributed by atoms with Crippen LogP contribution in [0.1, 0.15) is 44.2 Å². The van der Waals surface area contributed by atoms with Gasteiger partial charge in [-0.25, -0.2) is 0 Å². The van der Waals surface area contributed by atoms with Crippen molar-refractivity contribution < 1.29 is 19.1 Å². The molecule has 0 fully saturated rings. The number of hydrogen-bond acceptors (Lipinski definition) is 4. The molecule has 2 aromatic carbocycles. The molecule has 168 valence electrons. The summed E-state index contributed by atoms with van der Waals surface area (Å²) in [6.45, 7) is 6.69. The number of ether oxygens (including phenoxy) is 2. The summed E-state index contributed by atoms with van der Waals surface area (Å²) in [5, 5.41) is 2.96. The topological polar surface area (TPSA) is 67.9 Å². The number of para-hydroxylation sites is 1. The van der Waals surface area contributed by atoms with E-state index in [2.05, 4.69) is 12.2 Å². The van der Waals surface area contributed by atoms with E-state index in [1.807, 2.05) is 62.4 Å². The number of carbonyl (C=O) groups excluding carboxylic acids is 2. The van der Waals surface area contributed by atoms with E-state index < -0.39 is 6.04 Å². The fraction of sp³-hybridized carbons (Fsp3) is 0.440. The molecule has 2 rings (SSSR count). The molecule has 0 aliphatic carbocycles. The molecule has 0 heterocycles. The molecule has 0 saturated carbocycles. The second-order valence-corrected chi connectivity index (χ2v) is 7.50. The fourth-order valence-corrected chi connectivity index (χ4v) is 3.33. The van der Waals surface area contributed by atoms with E-state index in [9.17, 15) is 9.59 Å². The molecule has 0 spiro atoms. The number of amides is 2. The summed E-state index contributed by atoms with van der Waals surface area (Å²) in [6, 6.07) is 14.5. The van der Waals surface area contributed by atoms with E-state index in [0.717, 1.165) is 24.0 Å². The number of benzene rings is 2. The molecule has 0 aliphatic heterocycles. The van der Waals surface area contributed by atoms with Crippen LogP contribution in [0.25, 0.3) is 0 Å². The molecule has 0 aliphatic rings. The third-order valence-corrected chi connectivity index (χ3v) is 5.15. The predicted octanol–water partition coefficient (Wildman–Crippen LogP) is 4.11. The van der Waals surface area contributed by atoms with Gasteiger partial charge < -0.3 is 19.7 Å². The number of rotatable bonds is 12. The van der Waals surface area contributed by atoms with Gasteiger partial charge in [0.25, 0.3) is 5.91 Å². The van der Waals surface area contributed by atoms with Crippen LogP contribution in [0.2, 0.25) is 0 Å². The summed E-state index contributed by atoms with van der Waals surface area (Å²) < 4.78 is 11.1. The Hall–Kier alpha value is -3.02. The van der Waals surface area contributed by atoms with Crippen molar-refractivity contribution in [3.8, 4) is 11.5 Å². The highest BCUT2D eigenvalue weighted by Crippen LogP contribution is 2.19. The molecule has 6 heteroatoms. The monoisotopic (exact) mass is 426 g/mol. The Morgan fingerprint density at radius 1 is 1.10 bits per heavy atom. The fourth-order valence-electron chi connectivity index (χ4n) is 3.33. The van der Waals surface area contributed by atoms with Crippen LogP contribution in [0, 0.1) is 6.92 Å². The summed E-state index contributed by atoms with van der Waals surface area (Å²) >= 11 is 0. The number of methoxy groups -OCH3 is 1. The molecule has 2 aromatic rings. The van der Waals surface area contributed by atoms with E-state index >= 15 is 0 Å². The van der Waals surface area contributed by atoms with Gasteiger partial charge in [0, 0.05) is 13.1 Å². The van der Waals surface area contributed by atoms with Gasteiger partial charge in [0.15, 0.2) is 6.61 Å². The van der Waals surface area contributed by atoms with Crippen molar-refractivity contribution in [3.05, 3.63) is 59.7 Å². The van der Waals surface area contributed by atoms with Crippen molar-refractivity contribution in [2.45, 2.75) is 52.6 Å². The maximum Gasteiger partial charge on any atom is 0.261 e. The molecule has 0 bridgehead atoms. The van der Waals surface area contributed by atoms with E-state index in [0.29, 0.717) is 31.0 Å². The van der Waals surface area contributed by atoms with Crippen LogP contribution in [0.15, 0.2) is 48.5 Å². The van der Waals surface area contributed by atoms with Gasteiger partial charge >= 0.3 is 0 Å². The lowest BCUT2D eigenvalue weighted by molar-refractivity contribution is -0.143. The number of nitrogens with one attached hydrogen (secondary N) is 1. The molecule has 0 saturated heterocycles. The van der Waals surface area contributed by atoms with Crippen LogP contribution in [-0.2, 0) is 16.1 Å². The van der Waals surface area contributed by atoms with Crippen molar-refractivity contribution in [1.29, 1.82) is 0 Å². The summed E-state index contributed by atoms with van der Waals surface area (Å²) in [7, 11) is 1.61. The minimum Gasteiger partial charge on any atom is -0.497 e. The standard InChI is InChI=1S/C25H34N2O4/c1-5-7-15-26-25(29)22(6-2)27(17-20-12-10-13-21(16-20)30-4)24(28)18-31-23-14-9-8-11-19(23)3/h8-14,16,22H,5-7,15,17-18H2,1-4H3,(H,26,29)/t22-/m1/s1. The molecule has 6 nitrogen and oxygen atoms in total. The highest BCUT2D eigenvalue weighted by molar-refractivity contribution is 5.88. The normalized spacial score (nSPS) is 11.5. The van der Waals surface area contributed by atoms with E-state index in [-0.39, 0.29) is 18.4 Å². The van der Waals surface area contributed by atoms with Crippen molar-refractivity contribution in [3.63, 3.8) is 0 Å².